The number of aromatic amines is 1. The molecule has 0 aliphatic carbocycles. The van der Waals surface area contributed by atoms with Gasteiger partial charge in [0, 0.05) is 28.2 Å². The Labute approximate surface area is 173 Å². The lowest BCUT2D eigenvalue weighted by atomic mass is 9.92. The molecule has 0 spiro atoms. The summed E-state index contributed by atoms with van der Waals surface area (Å²) in [5.41, 5.74) is 6.14. The molecule has 0 saturated heterocycles. The smallest absolute Gasteiger partial charge is 0.226 e. The van der Waals surface area contributed by atoms with Crippen molar-refractivity contribution in [2.24, 2.45) is 0 Å². The number of H-pyrrole nitrogens is 1. The largest absolute Gasteiger partial charge is 0.356 e. The van der Waals surface area contributed by atoms with Gasteiger partial charge in [0.2, 0.25) is 5.95 Å². The predicted molar refractivity (Wildman–Crippen MR) is 114 cm³/mol. The van der Waals surface area contributed by atoms with Crippen LogP contribution >= 0.6 is 11.6 Å². The summed E-state index contributed by atoms with van der Waals surface area (Å²) in [7, 11) is 0. The summed E-state index contributed by atoms with van der Waals surface area (Å²) in [6, 6.07) is 14.3. The van der Waals surface area contributed by atoms with Gasteiger partial charge in [0.1, 0.15) is 0 Å². The molecule has 0 amide bonds. The molecule has 146 valence electrons. The topological polar surface area (TPSA) is 44.8 Å². The van der Waals surface area contributed by atoms with Crippen molar-refractivity contribution >= 4 is 28.5 Å². The van der Waals surface area contributed by atoms with Crippen molar-refractivity contribution in [1.82, 2.24) is 15.0 Å². The molecule has 1 atom stereocenters. The van der Waals surface area contributed by atoms with Crippen molar-refractivity contribution in [3.05, 3.63) is 87.6 Å². The van der Waals surface area contributed by atoms with Crippen LogP contribution < -0.4 is 4.90 Å². The molecule has 5 rings (SSSR count). The van der Waals surface area contributed by atoms with Gasteiger partial charge in [-0.25, -0.2) is 14.4 Å². The Morgan fingerprint density at radius 3 is 2.69 bits per heavy atom. The average molecular weight is 407 g/mol. The van der Waals surface area contributed by atoms with Crippen molar-refractivity contribution < 1.29 is 4.39 Å². The molecule has 0 radical (unpaired) electrons. The monoisotopic (exact) mass is 406 g/mol. The number of hydrogen-bond acceptors (Lipinski definition) is 3. The van der Waals surface area contributed by atoms with Crippen LogP contribution in [-0.4, -0.2) is 21.5 Å². The number of hydrogen-bond donors (Lipinski definition) is 1. The van der Waals surface area contributed by atoms with Crippen LogP contribution in [0.15, 0.2) is 48.7 Å². The van der Waals surface area contributed by atoms with Crippen LogP contribution in [0.4, 0.5) is 10.3 Å². The fourth-order valence-electron chi connectivity index (χ4n) is 4.15. The number of benzene rings is 2. The minimum absolute atomic E-state index is 0.0876. The summed E-state index contributed by atoms with van der Waals surface area (Å²) in [6.07, 6.45) is 2.09. The third-order valence-electron chi connectivity index (χ3n) is 5.65. The number of anilines is 1. The molecule has 0 bridgehead atoms. The fraction of sp³-hybridized carbons (Fsp3) is 0.217. The average Bonchev–Trinajstić information content (AvgIpc) is 3.08. The standard InChI is InChI=1S/C23H20ClFN4/c1-13-3-5-15(6-4-13)22-21-17(18-11-16(24)7-8-20(18)28-21)9-10-29(22)23-26-12-19(25)14(2)27-23/h3-8,11-12,22,28H,9-10H2,1-2H3/t22-/m0/s1. The molecule has 4 aromatic rings. The van der Waals surface area contributed by atoms with Gasteiger partial charge in [0.25, 0.3) is 0 Å². The summed E-state index contributed by atoms with van der Waals surface area (Å²) >= 11 is 6.27. The molecule has 4 nitrogen and oxygen atoms in total. The van der Waals surface area contributed by atoms with Gasteiger partial charge in [-0.15, -0.1) is 0 Å². The van der Waals surface area contributed by atoms with Crippen LogP contribution in [0, 0.1) is 19.7 Å². The highest BCUT2D eigenvalue weighted by Gasteiger charge is 2.33. The van der Waals surface area contributed by atoms with E-state index in [4.69, 9.17) is 11.6 Å². The van der Waals surface area contributed by atoms with E-state index in [2.05, 4.69) is 51.0 Å². The van der Waals surface area contributed by atoms with E-state index >= 15 is 0 Å². The molecule has 29 heavy (non-hydrogen) atoms. The summed E-state index contributed by atoms with van der Waals surface area (Å²) in [5.74, 6) is 0.149. The van der Waals surface area contributed by atoms with Crippen molar-refractivity contribution in [1.29, 1.82) is 0 Å². The quantitative estimate of drug-likeness (QED) is 0.476. The van der Waals surface area contributed by atoms with Crippen molar-refractivity contribution in [2.75, 3.05) is 11.4 Å². The second-order valence-electron chi connectivity index (χ2n) is 7.57. The van der Waals surface area contributed by atoms with Crippen LogP contribution in [0.1, 0.15) is 34.1 Å². The number of aromatic nitrogens is 3. The SMILES string of the molecule is Cc1ccc([C@H]2c3[nH]c4ccc(Cl)cc4c3CCN2c2ncc(F)c(C)n2)cc1. The zero-order chi connectivity index (χ0) is 20.1. The van der Waals surface area contributed by atoms with E-state index in [9.17, 15) is 4.39 Å². The molecule has 0 unspecified atom stereocenters. The molecule has 6 heteroatoms. The van der Waals surface area contributed by atoms with Gasteiger partial charge in [-0.05, 0) is 49.6 Å². The van der Waals surface area contributed by atoms with Gasteiger partial charge in [0.05, 0.1) is 17.9 Å². The Balaban J connectivity index is 1.71. The normalized spacial score (nSPS) is 16.3. The maximum atomic E-state index is 13.8. The molecule has 1 N–H and O–H groups in total. The highest BCUT2D eigenvalue weighted by atomic mass is 35.5. The Morgan fingerprint density at radius 2 is 1.93 bits per heavy atom. The molecule has 2 aromatic carbocycles. The number of rotatable bonds is 2. The third-order valence-corrected chi connectivity index (χ3v) is 5.88. The van der Waals surface area contributed by atoms with Crippen molar-refractivity contribution in [3.63, 3.8) is 0 Å². The molecular formula is C23H20ClFN4. The third kappa shape index (κ3) is 3.06. The maximum absolute atomic E-state index is 13.8. The second-order valence-corrected chi connectivity index (χ2v) is 8.00. The number of fused-ring (bicyclic) bond motifs is 3. The molecule has 3 heterocycles. The van der Waals surface area contributed by atoms with Gasteiger partial charge in [0.15, 0.2) is 5.82 Å². The molecule has 0 fully saturated rings. The molecular weight excluding hydrogens is 387 g/mol. The van der Waals surface area contributed by atoms with Gasteiger partial charge >= 0.3 is 0 Å². The maximum Gasteiger partial charge on any atom is 0.226 e. The minimum Gasteiger partial charge on any atom is -0.356 e. The fourth-order valence-corrected chi connectivity index (χ4v) is 4.32. The summed E-state index contributed by atoms with van der Waals surface area (Å²) in [6.45, 7) is 4.48. The van der Waals surface area contributed by atoms with E-state index in [0.717, 1.165) is 40.1 Å². The molecule has 1 aliphatic rings. The van der Waals surface area contributed by atoms with Crippen molar-refractivity contribution in [3.8, 4) is 0 Å². The lowest BCUT2D eigenvalue weighted by molar-refractivity contribution is 0.586. The zero-order valence-electron chi connectivity index (χ0n) is 16.2. The molecule has 0 saturated carbocycles. The van der Waals surface area contributed by atoms with E-state index in [1.54, 1.807) is 6.92 Å². The van der Waals surface area contributed by atoms with Crippen LogP contribution in [0.25, 0.3) is 10.9 Å². The number of aryl methyl sites for hydroxylation is 2. The Bertz CT molecular complexity index is 1220. The van der Waals surface area contributed by atoms with Crippen LogP contribution in [0.3, 0.4) is 0 Å². The highest BCUT2D eigenvalue weighted by Crippen LogP contribution is 2.40. The Hall–Kier alpha value is -2.92. The number of halogens is 2. The first-order valence-electron chi connectivity index (χ1n) is 9.63. The van der Waals surface area contributed by atoms with E-state index in [0.29, 0.717) is 11.6 Å². The Kier molecular flexibility index (Phi) is 4.28. The Morgan fingerprint density at radius 1 is 1.14 bits per heavy atom. The van der Waals surface area contributed by atoms with Crippen LogP contribution in [0.5, 0.6) is 0 Å². The molecule has 1 aliphatic heterocycles. The first kappa shape index (κ1) is 18.1. The van der Waals surface area contributed by atoms with Crippen LogP contribution in [-0.2, 0) is 6.42 Å². The minimum atomic E-state index is -0.390. The van der Waals surface area contributed by atoms with E-state index in [1.807, 2.05) is 18.2 Å². The number of nitrogens with one attached hydrogen (secondary N) is 1. The summed E-state index contributed by atoms with van der Waals surface area (Å²) in [4.78, 5) is 14.5. The van der Waals surface area contributed by atoms with Gasteiger partial charge in [-0.3, -0.25) is 0 Å². The van der Waals surface area contributed by atoms with E-state index in [-0.39, 0.29) is 6.04 Å². The first-order valence-corrected chi connectivity index (χ1v) is 10.0. The lowest BCUT2D eigenvalue weighted by Crippen LogP contribution is -2.37. The zero-order valence-corrected chi connectivity index (χ0v) is 17.0. The van der Waals surface area contributed by atoms with E-state index < -0.39 is 5.82 Å². The first-order chi connectivity index (χ1) is 14.0. The number of nitrogens with zero attached hydrogens (tertiary/aromatic N) is 3. The van der Waals surface area contributed by atoms with Gasteiger partial charge in [-0.2, -0.15) is 0 Å². The van der Waals surface area contributed by atoms with Crippen molar-refractivity contribution in [2.45, 2.75) is 26.3 Å². The predicted octanol–water partition coefficient (Wildman–Crippen LogP) is 5.52. The van der Waals surface area contributed by atoms with Gasteiger partial charge in [-0.1, -0.05) is 41.4 Å². The van der Waals surface area contributed by atoms with Crippen LogP contribution in [0.2, 0.25) is 5.02 Å². The van der Waals surface area contributed by atoms with Gasteiger partial charge < -0.3 is 9.88 Å². The highest BCUT2D eigenvalue weighted by molar-refractivity contribution is 6.31. The second kappa shape index (κ2) is 6.85. The summed E-state index contributed by atoms with van der Waals surface area (Å²) < 4.78 is 13.8. The summed E-state index contributed by atoms with van der Waals surface area (Å²) in [5, 5.41) is 1.88. The lowest BCUT2D eigenvalue weighted by Gasteiger charge is -2.36. The molecule has 2 aromatic heterocycles. The van der Waals surface area contributed by atoms with E-state index in [1.165, 1.54) is 17.3 Å².